The van der Waals surface area contributed by atoms with E-state index in [-0.39, 0.29) is 23.6 Å². The molecule has 90 valence electrons. The number of ketones is 1. The van der Waals surface area contributed by atoms with Crippen molar-refractivity contribution in [2.75, 3.05) is 19.8 Å². The van der Waals surface area contributed by atoms with Crippen LogP contribution in [0.3, 0.4) is 0 Å². The van der Waals surface area contributed by atoms with E-state index in [1.807, 2.05) is 0 Å². The van der Waals surface area contributed by atoms with Crippen LogP contribution in [0.4, 0.5) is 4.39 Å². The Balaban J connectivity index is 1.85. The number of carbonyl (C=O) groups is 1. The van der Waals surface area contributed by atoms with Crippen LogP contribution in [0, 0.1) is 11.7 Å². The molecule has 3 nitrogen and oxygen atoms in total. The van der Waals surface area contributed by atoms with E-state index in [9.17, 15) is 9.18 Å². The van der Waals surface area contributed by atoms with Gasteiger partial charge in [0.05, 0.1) is 13.2 Å². The minimum absolute atomic E-state index is 0.0618. The maximum atomic E-state index is 13.1. The zero-order valence-corrected chi connectivity index (χ0v) is 9.41. The fraction of sp³-hybridized carbons (Fsp3) is 0.462. The number of hydrogen-bond donors (Lipinski definition) is 1. The third kappa shape index (κ3) is 1.87. The molecule has 0 radical (unpaired) electrons. The summed E-state index contributed by atoms with van der Waals surface area (Å²) in [5.74, 6) is -0.264. The number of Topliss-reactive ketones (excluding diaryl/α,β-unsaturated/α-hetero) is 1. The molecule has 0 bridgehead atoms. The molecule has 1 fully saturated rings. The van der Waals surface area contributed by atoms with Gasteiger partial charge in [-0.15, -0.1) is 0 Å². The van der Waals surface area contributed by atoms with Gasteiger partial charge in [-0.05, 0) is 30.2 Å². The van der Waals surface area contributed by atoms with Gasteiger partial charge in [-0.25, -0.2) is 4.39 Å². The second-order valence-electron chi connectivity index (χ2n) is 4.61. The zero-order valence-electron chi connectivity index (χ0n) is 9.41. The van der Waals surface area contributed by atoms with Gasteiger partial charge < -0.3 is 10.1 Å². The standard InChI is InChI=1S/C13H14FNO2/c14-9-1-2-10-8(5-9)6-11(13(10)16)12-7-17-4-3-15-12/h1-2,5,11-12,15H,3-4,6-7H2. The Morgan fingerprint density at radius 3 is 3.06 bits per heavy atom. The minimum atomic E-state index is -0.273. The molecule has 1 aliphatic heterocycles. The van der Waals surface area contributed by atoms with E-state index in [1.54, 1.807) is 6.07 Å². The molecule has 2 aliphatic rings. The topological polar surface area (TPSA) is 38.3 Å². The molecular weight excluding hydrogens is 221 g/mol. The molecule has 0 spiro atoms. The number of carbonyl (C=O) groups excluding carboxylic acids is 1. The fourth-order valence-electron chi connectivity index (χ4n) is 2.67. The lowest BCUT2D eigenvalue weighted by molar-refractivity contribution is 0.0522. The third-order valence-corrected chi connectivity index (χ3v) is 3.55. The first-order valence-corrected chi connectivity index (χ1v) is 5.89. The Morgan fingerprint density at radius 1 is 1.41 bits per heavy atom. The quantitative estimate of drug-likeness (QED) is 0.794. The predicted octanol–water partition coefficient (Wildman–Crippen LogP) is 1.17. The number of morpholine rings is 1. The van der Waals surface area contributed by atoms with Gasteiger partial charge in [0.15, 0.2) is 5.78 Å². The number of benzene rings is 1. The molecule has 2 unspecified atom stereocenters. The maximum Gasteiger partial charge on any atom is 0.168 e. The van der Waals surface area contributed by atoms with Gasteiger partial charge in [0, 0.05) is 24.1 Å². The van der Waals surface area contributed by atoms with Crippen molar-refractivity contribution in [3.63, 3.8) is 0 Å². The van der Waals surface area contributed by atoms with Crippen LogP contribution >= 0.6 is 0 Å². The summed E-state index contributed by atoms with van der Waals surface area (Å²) in [6, 6.07) is 4.48. The Kier molecular flexibility index (Phi) is 2.68. The highest BCUT2D eigenvalue weighted by molar-refractivity contribution is 6.02. The van der Waals surface area contributed by atoms with Crippen LogP contribution < -0.4 is 5.32 Å². The Hall–Kier alpha value is -1.26. The van der Waals surface area contributed by atoms with E-state index >= 15 is 0 Å². The van der Waals surface area contributed by atoms with Gasteiger partial charge in [-0.2, -0.15) is 0 Å². The summed E-state index contributed by atoms with van der Waals surface area (Å²) < 4.78 is 18.5. The molecule has 17 heavy (non-hydrogen) atoms. The molecule has 1 aromatic rings. The predicted molar refractivity (Wildman–Crippen MR) is 60.5 cm³/mol. The third-order valence-electron chi connectivity index (χ3n) is 3.55. The number of fused-ring (bicyclic) bond motifs is 1. The zero-order chi connectivity index (χ0) is 11.8. The van der Waals surface area contributed by atoms with Gasteiger partial charge >= 0.3 is 0 Å². The highest BCUT2D eigenvalue weighted by Gasteiger charge is 2.37. The van der Waals surface area contributed by atoms with Crippen molar-refractivity contribution in [3.05, 3.63) is 35.1 Å². The largest absolute Gasteiger partial charge is 0.378 e. The fourth-order valence-corrected chi connectivity index (χ4v) is 2.67. The normalized spacial score (nSPS) is 28.2. The molecule has 2 atom stereocenters. The van der Waals surface area contributed by atoms with Crippen LogP contribution in [0.5, 0.6) is 0 Å². The van der Waals surface area contributed by atoms with Crippen molar-refractivity contribution >= 4 is 5.78 Å². The molecule has 1 N–H and O–H groups in total. The van der Waals surface area contributed by atoms with Gasteiger partial charge in [-0.3, -0.25) is 4.79 Å². The molecule has 0 amide bonds. The first-order valence-electron chi connectivity index (χ1n) is 5.89. The van der Waals surface area contributed by atoms with E-state index in [4.69, 9.17) is 4.74 Å². The highest BCUT2D eigenvalue weighted by atomic mass is 19.1. The lowest BCUT2D eigenvalue weighted by Gasteiger charge is -2.27. The van der Waals surface area contributed by atoms with Crippen LogP contribution in [0.2, 0.25) is 0 Å². The number of rotatable bonds is 1. The van der Waals surface area contributed by atoms with Gasteiger partial charge in [-0.1, -0.05) is 0 Å². The number of ether oxygens (including phenoxy) is 1. The van der Waals surface area contributed by atoms with Crippen LogP contribution in [0.1, 0.15) is 15.9 Å². The molecule has 1 saturated heterocycles. The molecule has 0 aromatic heterocycles. The lowest BCUT2D eigenvalue weighted by atomic mass is 9.95. The molecule has 1 heterocycles. The number of nitrogens with one attached hydrogen (secondary N) is 1. The van der Waals surface area contributed by atoms with Crippen LogP contribution in [-0.2, 0) is 11.2 Å². The van der Waals surface area contributed by atoms with Crippen molar-refractivity contribution < 1.29 is 13.9 Å². The van der Waals surface area contributed by atoms with E-state index in [0.29, 0.717) is 25.2 Å². The summed E-state index contributed by atoms with van der Waals surface area (Å²) in [4.78, 5) is 12.2. The van der Waals surface area contributed by atoms with Gasteiger partial charge in [0.2, 0.25) is 0 Å². The van der Waals surface area contributed by atoms with Gasteiger partial charge in [0.1, 0.15) is 5.82 Å². The van der Waals surface area contributed by atoms with Crippen molar-refractivity contribution in [1.29, 1.82) is 0 Å². The summed E-state index contributed by atoms with van der Waals surface area (Å²) >= 11 is 0. The minimum Gasteiger partial charge on any atom is -0.378 e. The lowest BCUT2D eigenvalue weighted by Crippen LogP contribution is -2.47. The first kappa shape index (κ1) is 10.9. The Morgan fingerprint density at radius 2 is 2.29 bits per heavy atom. The molecule has 3 rings (SSSR count). The summed E-state index contributed by atoms with van der Waals surface area (Å²) in [5.41, 5.74) is 1.50. The van der Waals surface area contributed by atoms with Crippen molar-refractivity contribution in [2.45, 2.75) is 12.5 Å². The van der Waals surface area contributed by atoms with Crippen molar-refractivity contribution in [1.82, 2.24) is 5.32 Å². The summed E-state index contributed by atoms with van der Waals surface area (Å²) in [7, 11) is 0. The Labute approximate surface area is 99.0 Å². The number of hydrogen-bond acceptors (Lipinski definition) is 3. The Bertz CT molecular complexity index is 455. The molecule has 1 aliphatic carbocycles. The smallest absolute Gasteiger partial charge is 0.168 e. The SMILES string of the molecule is O=C1c2ccc(F)cc2CC1C1COCCN1. The highest BCUT2D eigenvalue weighted by Crippen LogP contribution is 2.30. The van der Waals surface area contributed by atoms with E-state index in [0.717, 1.165) is 12.1 Å². The summed E-state index contributed by atoms with van der Waals surface area (Å²) in [6.07, 6.45) is 0.618. The monoisotopic (exact) mass is 235 g/mol. The molecule has 0 saturated carbocycles. The molecular formula is C13H14FNO2. The van der Waals surface area contributed by atoms with E-state index in [2.05, 4.69) is 5.32 Å². The van der Waals surface area contributed by atoms with Crippen LogP contribution in [0.15, 0.2) is 18.2 Å². The van der Waals surface area contributed by atoms with Crippen molar-refractivity contribution in [2.24, 2.45) is 5.92 Å². The average molecular weight is 235 g/mol. The number of halogens is 1. The van der Waals surface area contributed by atoms with E-state index < -0.39 is 0 Å². The molecule has 4 heteroatoms. The molecule has 1 aromatic carbocycles. The second-order valence-corrected chi connectivity index (χ2v) is 4.61. The first-order chi connectivity index (χ1) is 8.25. The summed E-state index contributed by atoms with van der Waals surface area (Å²) in [6.45, 7) is 2.03. The average Bonchev–Trinajstić information content (AvgIpc) is 2.67. The van der Waals surface area contributed by atoms with E-state index in [1.165, 1.54) is 12.1 Å². The van der Waals surface area contributed by atoms with Crippen LogP contribution in [-0.4, -0.2) is 31.6 Å². The maximum absolute atomic E-state index is 13.1. The van der Waals surface area contributed by atoms with Gasteiger partial charge in [0.25, 0.3) is 0 Å². The van der Waals surface area contributed by atoms with Crippen LogP contribution in [0.25, 0.3) is 0 Å². The second kappa shape index (κ2) is 4.20. The summed E-state index contributed by atoms with van der Waals surface area (Å²) in [5, 5.41) is 3.30. The van der Waals surface area contributed by atoms with Crippen molar-refractivity contribution in [3.8, 4) is 0 Å².